The highest BCUT2D eigenvalue weighted by molar-refractivity contribution is 5.98. The molecule has 53 heavy (non-hydrogen) atoms. The Morgan fingerprint density at radius 1 is 0.679 bits per heavy atom. The lowest BCUT2D eigenvalue weighted by Gasteiger charge is -2.33. The predicted molar refractivity (Wildman–Crippen MR) is 193 cm³/mol. The monoisotopic (exact) mass is 731 g/mol. The second-order valence-electron chi connectivity index (χ2n) is 14.0. The van der Waals surface area contributed by atoms with Crippen molar-refractivity contribution in [2.24, 2.45) is 5.92 Å². The number of rotatable bonds is 6. The molecule has 3 fully saturated rings. The SMILES string of the molecule is CC[C@H](C)[C@@H]1NC(=O)[C@@H]2CCCN2C(=O)CNC(=O)CNC(=O)[C@H](Cc2ccc(O)cc2)NC(=O)[C@H](Cc2ccccc2)NC(=O)[C@@H]2CCCN2C1=O. The number of fused-ring (bicyclic) bond motifs is 2. The molecule has 0 spiro atoms. The predicted octanol–water partition coefficient (Wildman–Crippen LogP) is -0.0941. The van der Waals surface area contributed by atoms with Gasteiger partial charge in [0.2, 0.25) is 41.4 Å². The van der Waals surface area contributed by atoms with Gasteiger partial charge in [-0.15, -0.1) is 0 Å². The first-order valence-corrected chi connectivity index (χ1v) is 18.3. The summed E-state index contributed by atoms with van der Waals surface area (Å²) in [6.07, 6.45) is 2.43. The van der Waals surface area contributed by atoms with E-state index in [1.54, 1.807) is 36.4 Å². The maximum absolute atomic E-state index is 14.2. The third kappa shape index (κ3) is 9.90. The number of nitrogens with zero attached hydrogens (tertiary/aromatic N) is 2. The van der Waals surface area contributed by atoms with E-state index in [-0.39, 0.29) is 31.1 Å². The number of hydrogen-bond donors (Lipinski definition) is 6. The van der Waals surface area contributed by atoms with Gasteiger partial charge in [0.1, 0.15) is 36.0 Å². The molecular formula is C38H49N7O8. The van der Waals surface area contributed by atoms with E-state index in [9.17, 15) is 38.7 Å². The minimum Gasteiger partial charge on any atom is -0.508 e. The number of hydrogen-bond acceptors (Lipinski definition) is 8. The number of amides is 7. The van der Waals surface area contributed by atoms with Crippen LogP contribution in [0, 0.1) is 5.92 Å². The molecule has 2 aromatic carbocycles. The minimum atomic E-state index is -1.20. The smallest absolute Gasteiger partial charge is 0.246 e. The summed E-state index contributed by atoms with van der Waals surface area (Å²) < 4.78 is 0. The van der Waals surface area contributed by atoms with Gasteiger partial charge in [-0.2, -0.15) is 0 Å². The standard InChI is InChI=1S/C38H49N7O8/c1-3-23(2)33-38(53)45-18-8-12-30(45)36(51)42-28(19-24-9-5-4-6-10-24)35(50)41-27(20-25-13-15-26(46)16-14-25)34(49)40-21-31(47)39-22-32(48)44-17-7-11-29(44)37(52)43-33/h4-6,9-10,13-16,23,27-30,33,46H,3,7-8,11-12,17-22H2,1-2H3,(H,39,47)(H,40,49)(H,41,50)(H,42,51)(H,43,52)/t23-,27-,28-,29-,30-,33-/m0/s1. The second-order valence-corrected chi connectivity index (χ2v) is 14.0. The van der Waals surface area contributed by atoms with Gasteiger partial charge in [-0.1, -0.05) is 62.7 Å². The lowest BCUT2D eigenvalue weighted by Crippen LogP contribution is -2.60. The molecular weight excluding hydrogens is 682 g/mol. The summed E-state index contributed by atoms with van der Waals surface area (Å²) in [6, 6.07) is 10.0. The maximum Gasteiger partial charge on any atom is 0.246 e. The third-order valence-electron chi connectivity index (χ3n) is 10.3. The maximum atomic E-state index is 14.2. The van der Waals surface area contributed by atoms with E-state index >= 15 is 0 Å². The minimum absolute atomic E-state index is 0.0107. The average molecular weight is 732 g/mol. The summed E-state index contributed by atoms with van der Waals surface area (Å²) >= 11 is 0. The van der Waals surface area contributed by atoms with Gasteiger partial charge >= 0.3 is 0 Å². The Morgan fingerprint density at radius 3 is 1.91 bits per heavy atom. The normalized spacial score (nSPS) is 25.9. The molecule has 0 bridgehead atoms. The molecule has 5 rings (SSSR count). The molecule has 15 nitrogen and oxygen atoms in total. The summed E-state index contributed by atoms with van der Waals surface area (Å²) in [5, 5.41) is 23.3. The second kappa shape index (κ2) is 17.8. The largest absolute Gasteiger partial charge is 0.508 e. The number of phenolic OH excluding ortho intramolecular Hbond substituents is 1. The van der Waals surface area contributed by atoms with E-state index in [2.05, 4.69) is 26.6 Å². The van der Waals surface area contributed by atoms with Gasteiger partial charge in [0.15, 0.2) is 0 Å². The van der Waals surface area contributed by atoms with Gasteiger partial charge in [-0.05, 0) is 54.9 Å². The van der Waals surface area contributed by atoms with Gasteiger partial charge in [-0.25, -0.2) is 0 Å². The van der Waals surface area contributed by atoms with Crippen molar-refractivity contribution < 1.29 is 38.7 Å². The van der Waals surface area contributed by atoms with Crippen LogP contribution in [0.25, 0.3) is 0 Å². The van der Waals surface area contributed by atoms with Crippen molar-refractivity contribution in [1.82, 2.24) is 36.4 Å². The lowest BCUT2D eigenvalue weighted by atomic mass is 9.96. The van der Waals surface area contributed by atoms with Crippen LogP contribution in [0.4, 0.5) is 0 Å². The molecule has 3 saturated heterocycles. The summed E-state index contributed by atoms with van der Waals surface area (Å²) in [5.74, 6) is -4.24. The van der Waals surface area contributed by atoms with Crippen molar-refractivity contribution in [3.63, 3.8) is 0 Å². The fourth-order valence-electron chi connectivity index (χ4n) is 7.06. The van der Waals surface area contributed by atoms with Crippen LogP contribution in [0.3, 0.4) is 0 Å². The van der Waals surface area contributed by atoms with Crippen molar-refractivity contribution in [3.8, 4) is 5.75 Å². The Morgan fingerprint density at radius 2 is 1.25 bits per heavy atom. The highest BCUT2D eigenvalue weighted by Gasteiger charge is 2.42. The van der Waals surface area contributed by atoms with Crippen LogP contribution in [0.15, 0.2) is 54.6 Å². The van der Waals surface area contributed by atoms with Crippen molar-refractivity contribution in [2.45, 2.75) is 89.0 Å². The molecule has 7 amide bonds. The Labute approximate surface area is 308 Å². The Kier molecular flexibility index (Phi) is 13.0. The van der Waals surface area contributed by atoms with Crippen LogP contribution in [0.1, 0.15) is 57.1 Å². The number of phenols is 1. The third-order valence-corrected chi connectivity index (χ3v) is 10.3. The van der Waals surface area contributed by atoms with E-state index in [4.69, 9.17) is 0 Å². The first kappa shape index (κ1) is 38.8. The Balaban J connectivity index is 1.47. The molecule has 6 N–H and O–H groups in total. The zero-order valence-corrected chi connectivity index (χ0v) is 30.1. The molecule has 3 heterocycles. The summed E-state index contributed by atoms with van der Waals surface area (Å²) in [6.45, 7) is 3.39. The number of benzene rings is 2. The number of aromatic hydroxyl groups is 1. The van der Waals surface area contributed by atoms with Crippen LogP contribution in [0.5, 0.6) is 5.75 Å². The highest BCUT2D eigenvalue weighted by atomic mass is 16.3. The van der Waals surface area contributed by atoms with Crippen molar-refractivity contribution in [3.05, 3.63) is 65.7 Å². The zero-order valence-electron chi connectivity index (χ0n) is 30.1. The van der Waals surface area contributed by atoms with Crippen molar-refractivity contribution in [2.75, 3.05) is 26.2 Å². The van der Waals surface area contributed by atoms with Crippen LogP contribution in [-0.2, 0) is 46.4 Å². The molecule has 3 aliphatic heterocycles. The number of carbonyl (C=O) groups is 7. The van der Waals surface area contributed by atoms with E-state index in [1.807, 2.05) is 19.9 Å². The topological polar surface area (TPSA) is 206 Å². The highest BCUT2D eigenvalue weighted by Crippen LogP contribution is 2.24. The molecule has 0 aromatic heterocycles. The molecule has 284 valence electrons. The van der Waals surface area contributed by atoms with Gasteiger partial charge in [0.25, 0.3) is 0 Å². The molecule has 6 atom stereocenters. The van der Waals surface area contributed by atoms with E-state index < -0.39 is 84.6 Å². The Hall–Kier alpha value is -5.47. The molecule has 15 heteroatoms. The van der Waals surface area contributed by atoms with Crippen molar-refractivity contribution >= 4 is 41.4 Å². The van der Waals surface area contributed by atoms with Crippen LogP contribution >= 0.6 is 0 Å². The van der Waals surface area contributed by atoms with Crippen LogP contribution in [-0.4, -0.2) is 113 Å². The molecule has 0 unspecified atom stereocenters. The summed E-state index contributed by atoms with van der Waals surface area (Å²) in [7, 11) is 0. The van der Waals surface area contributed by atoms with Crippen LogP contribution in [0.2, 0.25) is 0 Å². The van der Waals surface area contributed by atoms with E-state index in [1.165, 1.54) is 21.9 Å². The summed E-state index contributed by atoms with van der Waals surface area (Å²) in [4.78, 5) is 98.4. The first-order chi connectivity index (χ1) is 25.4. The van der Waals surface area contributed by atoms with E-state index in [0.29, 0.717) is 44.2 Å². The van der Waals surface area contributed by atoms with Gasteiger partial charge < -0.3 is 41.5 Å². The quantitative estimate of drug-likeness (QED) is 0.236. The van der Waals surface area contributed by atoms with E-state index in [0.717, 1.165) is 5.56 Å². The Bertz CT molecular complexity index is 1670. The van der Waals surface area contributed by atoms with Gasteiger partial charge in [0.05, 0.1) is 13.1 Å². The summed E-state index contributed by atoms with van der Waals surface area (Å²) in [5.41, 5.74) is 1.34. The molecule has 3 aliphatic rings. The fourth-order valence-corrected chi connectivity index (χ4v) is 7.06. The molecule has 0 aliphatic carbocycles. The number of carbonyl (C=O) groups excluding carboxylic acids is 7. The molecule has 0 saturated carbocycles. The fraction of sp³-hybridized carbons (Fsp3) is 0.500. The molecule has 2 aromatic rings. The van der Waals surface area contributed by atoms with Gasteiger partial charge in [-0.3, -0.25) is 33.6 Å². The molecule has 0 radical (unpaired) electrons. The zero-order chi connectivity index (χ0) is 38.1. The first-order valence-electron chi connectivity index (χ1n) is 18.3. The van der Waals surface area contributed by atoms with Crippen molar-refractivity contribution in [1.29, 1.82) is 0 Å². The number of nitrogens with one attached hydrogen (secondary N) is 5. The van der Waals surface area contributed by atoms with Gasteiger partial charge in [0, 0.05) is 25.9 Å². The average Bonchev–Trinajstić information content (AvgIpc) is 3.86. The van der Waals surface area contributed by atoms with Crippen LogP contribution < -0.4 is 26.6 Å². The lowest BCUT2D eigenvalue weighted by molar-refractivity contribution is -0.144.